The lowest BCUT2D eigenvalue weighted by molar-refractivity contribution is -0.149. The van der Waals surface area contributed by atoms with E-state index in [-0.39, 0.29) is 11.2 Å². The first-order valence-electron chi connectivity index (χ1n) is 4.66. The van der Waals surface area contributed by atoms with Crippen LogP contribution in [0, 0.1) is 0 Å². The van der Waals surface area contributed by atoms with Gasteiger partial charge in [-0.15, -0.1) is 0 Å². The van der Waals surface area contributed by atoms with Gasteiger partial charge >= 0.3 is 5.97 Å². The summed E-state index contributed by atoms with van der Waals surface area (Å²) >= 11 is 8.42. The van der Waals surface area contributed by atoms with Crippen LogP contribution in [0.5, 0.6) is 0 Å². The van der Waals surface area contributed by atoms with E-state index in [1.54, 1.807) is 13.8 Å². The number of thiol groups is 2. The predicted octanol–water partition coefficient (Wildman–Crippen LogP) is 0.679. The normalized spacial score (nSPS) is 24.4. The van der Waals surface area contributed by atoms with Crippen molar-refractivity contribution in [3.8, 4) is 0 Å². The molecule has 1 unspecified atom stereocenters. The molecule has 15 heavy (non-hydrogen) atoms. The second kappa shape index (κ2) is 4.25. The summed E-state index contributed by atoms with van der Waals surface area (Å²) in [7, 11) is 0. The molecule has 4 nitrogen and oxygen atoms in total. The minimum atomic E-state index is -1.02. The number of likely N-dealkylation sites (tertiary alicyclic amines) is 1. The highest BCUT2D eigenvalue weighted by molar-refractivity contribution is 7.81. The zero-order valence-electron chi connectivity index (χ0n) is 8.67. The van der Waals surface area contributed by atoms with Crippen molar-refractivity contribution in [2.24, 2.45) is 0 Å². The number of carbonyl (C=O) groups is 2. The summed E-state index contributed by atoms with van der Waals surface area (Å²) in [5.41, 5.74) is 0. The quantitative estimate of drug-likeness (QED) is 0.645. The molecule has 0 saturated carbocycles. The molecule has 0 aromatic heterocycles. The molecule has 6 heteroatoms. The average Bonchev–Trinajstić information content (AvgIpc) is 2.26. The molecule has 1 rings (SSSR count). The van der Waals surface area contributed by atoms with Gasteiger partial charge in [-0.1, -0.05) is 0 Å². The van der Waals surface area contributed by atoms with Crippen LogP contribution in [-0.4, -0.2) is 44.5 Å². The molecule has 86 valence electrons. The summed E-state index contributed by atoms with van der Waals surface area (Å²) in [5.74, 6) is -1.18. The molecule has 1 amide bonds. The summed E-state index contributed by atoms with van der Waals surface area (Å²) < 4.78 is -0.765. The van der Waals surface area contributed by atoms with Gasteiger partial charge in [0.1, 0.15) is 6.04 Å². The first-order valence-corrected chi connectivity index (χ1v) is 5.62. The number of amides is 1. The third-order valence-corrected chi connectivity index (χ3v) is 2.94. The third kappa shape index (κ3) is 2.81. The number of rotatable bonds is 3. The van der Waals surface area contributed by atoms with Crippen LogP contribution in [0.15, 0.2) is 0 Å². The minimum absolute atomic E-state index is 0.0740. The lowest BCUT2D eigenvalue weighted by atomic mass is 10.0. The van der Waals surface area contributed by atoms with E-state index in [1.165, 1.54) is 4.90 Å². The molecule has 0 radical (unpaired) electrons. The van der Waals surface area contributed by atoms with Crippen molar-refractivity contribution in [1.82, 2.24) is 4.90 Å². The number of carboxylic acids is 1. The van der Waals surface area contributed by atoms with Crippen LogP contribution in [0.4, 0.5) is 0 Å². The van der Waals surface area contributed by atoms with Crippen molar-refractivity contribution >= 4 is 37.1 Å². The highest BCUT2D eigenvalue weighted by Crippen LogP contribution is 2.28. The Kier molecular flexibility index (Phi) is 3.60. The summed E-state index contributed by atoms with van der Waals surface area (Å²) in [6, 6.07) is -0.898. The van der Waals surface area contributed by atoms with Gasteiger partial charge in [-0.3, -0.25) is 4.79 Å². The zero-order chi connectivity index (χ0) is 11.8. The highest BCUT2D eigenvalue weighted by atomic mass is 32.1. The summed E-state index contributed by atoms with van der Waals surface area (Å²) in [6.07, 6.45) is 0.302. The SMILES string of the molecule is CC(C)(S)[C@@H](C(=O)O)N1CC(S)CC1=O. The summed E-state index contributed by atoms with van der Waals surface area (Å²) in [4.78, 5) is 24.0. The van der Waals surface area contributed by atoms with E-state index in [2.05, 4.69) is 25.3 Å². The largest absolute Gasteiger partial charge is 0.480 e. The van der Waals surface area contributed by atoms with Crippen LogP contribution in [0.25, 0.3) is 0 Å². The van der Waals surface area contributed by atoms with E-state index in [0.717, 1.165) is 0 Å². The first-order chi connectivity index (χ1) is 6.73. The Morgan fingerprint density at radius 1 is 1.67 bits per heavy atom. The molecule has 1 aliphatic rings. The molecule has 1 N–H and O–H groups in total. The number of carboxylic acid groups (broad SMARTS) is 1. The van der Waals surface area contributed by atoms with Gasteiger partial charge in [0.15, 0.2) is 0 Å². The van der Waals surface area contributed by atoms with E-state index in [0.29, 0.717) is 13.0 Å². The Hall–Kier alpha value is -0.360. The van der Waals surface area contributed by atoms with Crippen LogP contribution in [0.3, 0.4) is 0 Å². The van der Waals surface area contributed by atoms with Crippen molar-refractivity contribution in [2.75, 3.05) is 6.54 Å². The van der Waals surface area contributed by atoms with Crippen molar-refractivity contribution < 1.29 is 14.7 Å². The molecule has 0 aliphatic carbocycles. The Morgan fingerprint density at radius 2 is 2.20 bits per heavy atom. The fourth-order valence-electron chi connectivity index (χ4n) is 1.78. The fourth-order valence-corrected chi connectivity index (χ4v) is 2.36. The van der Waals surface area contributed by atoms with Gasteiger partial charge in [-0.25, -0.2) is 4.79 Å². The number of nitrogens with zero attached hydrogens (tertiary/aromatic N) is 1. The molecule has 0 aromatic carbocycles. The van der Waals surface area contributed by atoms with E-state index >= 15 is 0 Å². The topological polar surface area (TPSA) is 57.6 Å². The maximum absolute atomic E-state index is 11.6. The van der Waals surface area contributed by atoms with Gasteiger partial charge in [-0.2, -0.15) is 25.3 Å². The molecular formula is C9H15NO3S2. The molecule has 0 aromatic rings. The zero-order valence-corrected chi connectivity index (χ0v) is 10.5. The monoisotopic (exact) mass is 249 g/mol. The van der Waals surface area contributed by atoms with E-state index in [1.807, 2.05) is 0 Å². The lowest BCUT2D eigenvalue weighted by Gasteiger charge is -2.33. The van der Waals surface area contributed by atoms with Crippen LogP contribution in [-0.2, 0) is 9.59 Å². The summed E-state index contributed by atoms with van der Waals surface area (Å²) in [6.45, 7) is 3.75. The number of aliphatic carboxylic acids is 1. The second-order valence-corrected chi connectivity index (χ2v) is 6.18. The molecule has 1 saturated heterocycles. The van der Waals surface area contributed by atoms with E-state index < -0.39 is 16.8 Å². The van der Waals surface area contributed by atoms with E-state index in [4.69, 9.17) is 5.11 Å². The van der Waals surface area contributed by atoms with Crippen molar-refractivity contribution in [1.29, 1.82) is 0 Å². The standard InChI is InChI=1S/C9H15NO3S2/c1-9(2,15)7(8(12)13)10-4-5(14)3-6(10)11/h5,7,14-15H,3-4H2,1-2H3,(H,12,13)/t5?,7-/m1/s1. The van der Waals surface area contributed by atoms with Gasteiger partial charge in [0.25, 0.3) is 0 Å². The molecule has 1 heterocycles. The third-order valence-electron chi connectivity index (χ3n) is 2.35. The Bertz CT molecular complexity index is 288. The molecule has 0 spiro atoms. The average molecular weight is 249 g/mol. The molecule has 2 atom stereocenters. The summed E-state index contributed by atoms with van der Waals surface area (Å²) in [5, 5.41) is 9.03. The fraction of sp³-hybridized carbons (Fsp3) is 0.778. The van der Waals surface area contributed by atoms with Crippen LogP contribution < -0.4 is 0 Å². The van der Waals surface area contributed by atoms with Gasteiger partial charge in [0.05, 0.1) is 0 Å². The second-order valence-electron chi connectivity index (χ2n) is 4.30. The highest BCUT2D eigenvalue weighted by Gasteiger charge is 2.43. The Labute approximate surface area is 99.8 Å². The Morgan fingerprint density at radius 3 is 2.47 bits per heavy atom. The van der Waals surface area contributed by atoms with Crippen LogP contribution >= 0.6 is 25.3 Å². The van der Waals surface area contributed by atoms with Crippen molar-refractivity contribution in [3.63, 3.8) is 0 Å². The first kappa shape index (κ1) is 12.7. The van der Waals surface area contributed by atoms with Crippen LogP contribution in [0.2, 0.25) is 0 Å². The molecule has 1 fully saturated rings. The van der Waals surface area contributed by atoms with Crippen molar-refractivity contribution in [2.45, 2.75) is 36.3 Å². The minimum Gasteiger partial charge on any atom is -0.480 e. The maximum atomic E-state index is 11.6. The maximum Gasteiger partial charge on any atom is 0.327 e. The number of hydrogen-bond donors (Lipinski definition) is 3. The van der Waals surface area contributed by atoms with Crippen molar-refractivity contribution in [3.05, 3.63) is 0 Å². The lowest BCUT2D eigenvalue weighted by Crippen LogP contribution is -2.52. The van der Waals surface area contributed by atoms with Gasteiger partial charge in [-0.05, 0) is 13.8 Å². The van der Waals surface area contributed by atoms with E-state index in [9.17, 15) is 9.59 Å². The van der Waals surface area contributed by atoms with Gasteiger partial charge < -0.3 is 10.0 Å². The van der Waals surface area contributed by atoms with Gasteiger partial charge in [0.2, 0.25) is 5.91 Å². The molecular weight excluding hydrogens is 234 g/mol. The number of carbonyl (C=O) groups excluding carboxylic acids is 1. The van der Waals surface area contributed by atoms with Crippen LogP contribution in [0.1, 0.15) is 20.3 Å². The molecule has 1 aliphatic heterocycles. The Balaban J connectivity index is 2.91. The van der Waals surface area contributed by atoms with Gasteiger partial charge in [0, 0.05) is 23.0 Å². The number of hydrogen-bond acceptors (Lipinski definition) is 4. The molecule has 0 bridgehead atoms. The predicted molar refractivity (Wildman–Crippen MR) is 63.6 cm³/mol. The smallest absolute Gasteiger partial charge is 0.327 e.